The van der Waals surface area contributed by atoms with E-state index < -0.39 is 47.4 Å². The summed E-state index contributed by atoms with van der Waals surface area (Å²) in [5.41, 5.74) is -0.530. The fourth-order valence-corrected chi connectivity index (χ4v) is 4.08. The Kier molecular flexibility index (Phi) is 8.38. The lowest BCUT2D eigenvalue weighted by molar-refractivity contribution is 0.0421. The SMILES string of the molecule is CN(OS(=O)[O-])c1ccc2cc(C(=O)Nc3cc(OCC(F)F)cc(C(F)(F)c4cccc(C#N)c4)c3)[nH]c2c1. The fourth-order valence-electron chi connectivity index (χ4n) is 3.81. The number of nitrogens with one attached hydrogen (secondary N) is 2. The summed E-state index contributed by atoms with van der Waals surface area (Å²) >= 11 is -2.80. The van der Waals surface area contributed by atoms with Crippen molar-refractivity contribution in [3.05, 3.63) is 89.1 Å². The third-order valence-corrected chi connectivity index (χ3v) is 5.99. The highest BCUT2D eigenvalue weighted by Crippen LogP contribution is 2.39. The molecule has 1 aromatic heterocycles. The van der Waals surface area contributed by atoms with Gasteiger partial charge in [0.05, 0.1) is 17.3 Å². The standard InChI is InChI=1S/C26H20F4N4O5S/c1-34(39-40(36)37)20-6-5-16-8-23(33-22(16)12-20)25(35)32-19-9-18(10-21(11-19)38-14-24(27)28)26(29,30)17-4-2-3-15(7-17)13-31/h2-12,24,33H,14H2,1H3,(H,32,35)(H,36,37)/p-1. The van der Waals surface area contributed by atoms with Crippen molar-refractivity contribution in [2.45, 2.75) is 12.3 Å². The van der Waals surface area contributed by atoms with Gasteiger partial charge in [0.25, 0.3) is 18.3 Å². The number of carbonyl (C=O) groups is 1. The molecule has 0 saturated heterocycles. The first-order valence-corrected chi connectivity index (χ1v) is 12.4. The second-order valence-corrected chi connectivity index (χ2v) is 8.96. The molecule has 14 heteroatoms. The van der Waals surface area contributed by atoms with Gasteiger partial charge in [0.15, 0.2) is 0 Å². The quantitative estimate of drug-likeness (QED) is 0.150. The molecule has 4 aromatic rings. The monoisotopic (exact) mass is 575 g/mol. The van der Waals surface area contributed by atoms with Crippen molar-refractivity contribution >= 4 is 39.5 Å². The van der Waals surface area contributed by atoms with Gasteiger partial charge in [-0.3, -0.25) is 4.79 Å². The average Bonchev–Trinajstić information content (AvgIpc) is 3.35. The number of fused-ring (bicyclic) bond motifs is 1. The molecule has 40 heavy (non-hydrogen) atoms. The van der Waals surface area contributed by atoms with Gasteiger partial charge in [-0.2, -0.15) is 18.3 Å². The Balaban J connectivity index is 1.65. The van der Waals surface area contributed by atoms with Crippen molar-refractivity contribution < 1.29 is 40.1 Å². The molecule has 3 aromatic carbocycles. The molecule has 0 aliphatic rings. The van der Waals surface area contributed by atoms with E-state index in [4.69, 9.17) is 10.00 Å². The minimum Gasteiger partial charge on any atom is -0.748 e. The lowest BCUT2D eigenvalue weighted by atomic mass is 9.98. The highest BCUT2D eigenvalue weighted by Gasteiger charge is 2.35. The first-order valence-electron chi connectivity index (χ1n) is 11.4. The van der Waals surface area contributed by atoms with Crippen LogP contribution in [0.1, 0.15) is 27.2 Å². The molecule has 1 atom stereocenters. The van der Waals surface area contributed by atoms with Crippen molar-refractivity contribution in [2.24, 2.45) is 0 Å². The molecule has 0 fully saturated rings. The molecule has 208 valence electrons. The number of aromatic amines is 1. The van der Waals surface area contributed by atoms with E-state index in [2.05, 4.69) is 14.6 Å². The van der Waals surface area contributed by atoms with Gasteiger partial charge < -0.3 is 19.6 Å². The third-order valence-electron chi connectivity index (χ3n) is 5.64. The number of ether oxygens (including phenoxy) is 1. The molecule has 1 amide bonds. The Hall–Kier alpha value is -4.45. The molecular formula is C26H19F4N4O5S-. The predicted octanol–water partition coefficient (Wildman–Crippen LogP) is 5.24. The molecule has 4 rings (SSSR count). The van der Waals surface area contributed by atoms with Crippen molar-refractivity contribution in [3.63, 3.8) is 0 Å². The molecule has 0 radical (unpaired) electrons. The van der Waals surface area contributed by atoms with Crippen LogP contribution in [0.25, 0.3) is 10.9 Å². The smallest absolute Gasteiger partial charge is 0.298 e. The number of amides is 1. The Morgan fingerprint density at radius 2 is 1.93 bits per heavy atom. The summed E-state index contributed by atoms with van der Waals surface area (Å²) in [6.45, 7) is -1.06. The Bertz CT molecular complexity index is 1620. The molecule has 0 aliphatic carbocycles. The molecule has 0 aliphatic heterocycles. The van der Waals surface area contributed by atoms with Gasteiger partial charge in [0.2, 0.25) is 0 Å². The first-order chi connectivity index (χ1) is 19.0. The zero-order valence-corrected chi connectivity index (χ0v) is 21.3. The largest absolute Gasteiger partial charge is 0.748 e. The van der Waals surface area contributed by atoms with E-state index in [0.29, 0.717) is 16.6 Å². The van der Waals surface area contributed by atoms with Gasteiger partial charge in [-0.1, -0.05) is 18.2 Å². The van der Waals surface area contributed by atoms with E-state index in [0.717, 1.165) is 35.4 Å². The number of halogens is 4. The summed E-state index contributed by atoms with van der Waals surface area (Å²) < 4.78 is 87.5. The van der Waals surface area contributed by atoms with Crippen LogP contribution in [-0.2, 0) is 21.6 Å². The number of alkyl halides is 4. The molecule has 9 nitrogen and oxygen atoms in total. The molecule has 1 unspecified atom stereocenters. The summed E-state index contributed by atoms with van der Waals surface area (Å²) in [5, 5.41) is 13.1. The van der Waals surface area contributed by atoms with Gasteiger partial charge in [0, 0.05) is 40.8 Å². The normalized spacial score (nSPS) is 12.2. The van der Waals surface area contributed by atoms with Crippen LogP contribution in [-0.4, -0.2) is 39.7 Å². The summed E-state index contributed by atoms with van der Waals surface area (Å²) in [7, 11) is 1.36. The zero-order chi connectivity index (χ0) is 29.0. The second kappa shape index (κ2) is 11.7. The highest BCUT2D eigenvalue weighted by atomic mass is 32.2. The number of H-pyrrole nitrogens is 1. The third kappa shape index (κ3) is 6.57. The lowest BCUT2D eigenvalue weighted by Gasteiger charge is -2.20. The van der Waals surface area contributed by atoms with E-state index in [1.54, 1.807) is 18.2 Å². The number of hydrogen-bond donors (Lipinski definition) is 2. The molecular weight excluding hydrogens is 556 g/mol. The fraction of sp³-hybridized carbons (Fsp3) is 0.154. The predicted molar refractivity (Wildman–Crippen MR) is 137 cm³/mol. The summed E-state index contributed by atoms with van der Waals surface area (Å²) in [6, 6.07) is 15.7. The van der Waals surface area contributed by atoms with Gasteiger partial charge in [-0.05, 0) is 42.5 Å². The number of hydrogen-bond acceptors (Lipinski definition) is 7. The van der Waals surface area contributed by atoms with Gasteiger partial charge in [-0.15, -0.1) is 0 Å². The number of benzene rings is 3. The number of nitriles is 1. The van der Waals surface area contributed by atoms with E-state index in [1.807, 2.05) is 0 Å². The van der Waals surface area contributed by atoms with Crippen LogP contribution in [0.3, 0.4) is 0 Å². The van der Waals surface area contributed by atoms with Crippen LogP contribution in [0.15, 0.2) is 66.7 Å². The number of rotatable bonds is 10. The van der Waals surface area contributed by atoms with Gasteiger partial charge >= 0.3 is 0 Å². The van der Waals surface area contributed by atoms with Crippen LogP contribution >= 0.6 is 0 Å². The Labute approximate surface area is 227 Å². The van der Waals surface area contributed by atoms with Crippen LogP contribution in [0.4, 0.5) is 28.9 Å². The summed E-state index contributed by atoms with van der Waals surface area (Å²) in [4.78, 5) is 15.8. The molecule has 2 N–H and O–H groups in total. The topological polar surface area (TPSA) is 131 Å². The highest BCUT2D eigenvalue weighted by molar-refractivity contribution is 7.74. The summed E-state index contributed by atoms with van der Waals surface area (Å²) in [5.74, 6) is -4.74. The van der Waals surface area contributed by atoms with Crippen molar-refractivity contribution in [2.75, 3.05) is 24.0 Å². The Morgan fingerprint density at radius 3 is 2.62 bits per heavy atom. The minimum atomic E-state index is -3.67. The van der Waals surface area contributed by atoms with Crippen LogP contribution in [0, 0.1) is 11.3 Å². The van der Waals surface area contributed by atoms with Crippen LogP contribution in [0.5, 0.6) is 5.75 Å². The number of anilines is 2. The van der Waals surface area contributed by atoms with E-state index >= 15 is 8.78 Å². The van der Waals surface area contributed by atoms with Crippen LogP contribution < -0.4 is 15.1 Å². The number of hydroxylamine groups is 1. The molecule has 1 heterocycles. The number of carbonyl (C=O) groups excluding carboxylic acids is 1. The van der Waals surface area contributed by atoms with Crippen molar-refractivity contribution in [1.82, 2.24) is 4.98 Å². The van der Waals surface area contributed by atoms with E-state index in [9.17, 15) is 22.3 Å². The van der Waals surface area contributed by atoms with E-state index in [1.165, 1.54) is 31.3 Å². The maximum atomic E-state index is 15.5. The maximum Gasteiger partial charge on any atom is 0.298 e. The van der Waals surface area contributed by atoms with Crippen molar-refractivity contribution in [3.8, 4) is 11.8 Å². The Morgan fingerprint density at radius 1 is 1.15 bits per heavy atom. The maximum absolute atomic E-state index is 15.5. The molecule has 0 saturated carbocycles. The van der Waals surface area contributed by atoms with Crippen LogP contribution in [0.2, 0.25) is 0 Å². The molecule has 0 bridgehead atoms. The number of aromatic nitrogens is 1. The first kappa shape index (κ1) is 28.6. The summed E-state index contributed by atoms with van der Waals surface area (Å²) in [6.07, 6.45) is -2.87. The lowest BCUT2D eigenvalue weighted by Crippen LogP contribution is -2.18. The molecule has 0 spiro atoms. The average molecular weight is 576 g/mol. The van der Waals surface area contributed by atoms with Gasteiger partial charge in [-0.25, -0.2) is 18.1 Å². The van der Waals surface area contributed by atoms with E-state index in [-0.39, 0.29) is 22.7 Å². The number of nitrogens with zero attached hydrogens (tertiary/aromatic N) is 2. The second-order valence-electron chi connectivity index (χ2n) is 8.40. The minimum absolute atomic E-state index is 0.00295. The van der Waals surface area contributed by atoms with Crippen molar-refractivity contribution in [1.29, 1.82) is 5.26 Å². The zero-order valence-electron chi connectivity index (χ0n) is 20.5. The van der Waals surface area contributed by atoms with Gasteiger partial charge in [0.1, 0.15) is 29.4 Å².